The van der Waals surface area contributed by atoms with Gasteiger partial charge in [-0.25, -0.2) is 9.67 Å². The van der Waals surface area contributed by atoms with Crippen LogP contribution in [0.15, 0.2) is 35.3 Å². The van der Waals surface area contributed by atoms with Gasteiger partial charge in [0, 0.05) is 13.2 Å². The third-order valence-corrected chi connectivity index (χ3v) is 4.02. The highest BCUT2D eigenvalue weighted by molar-refractivity contribution is 5.42. The maximum absolute atomic E-state index is 5.62. The van der Waals surface area contributed by atoms with Crippen LogP contribution in [0.3, 0.4) is 0 Å². The minimum absolute atomic E-state index is 0.0581. The molecule has 1 aliphatic rings. The van der Waals surface area contributed by atoms with Crippen LogP contribution < -0.4 is 5.32 Å². The van der Waals surface area contributed by atoms with E-state index in [-0.39, 0.29) is 6.10 Å². The molecule has 1 N–H and O–H groups in total. The van der Waals surface area contributed by atoms with Crippen molar-refractivity contribution in [1.82, 2.24) is 25.0 Å². The smallest absolute Gasteiger partial charge is 0.315 e. The zero-order valence-electron chi connectivity index (χ0n) is 13.3. The normalized spacial score (nSPS) is 17.3. The van der Waals surface area contributed by atoms with Gasteiger partial charge in [-0.1, -0.05) is 17.2 Å². The van der Waals surface area contributed by atoms with Crippen LogP contribution in [0.25, 0.3) is 5.69 Å². The van der Waals surface area contributed by atoms with E-state index in [4.69, 9.17) is 9.15 Å². The number of hydrogen-bond acceptors (Lipinski definition) is 7. The predicted octanol–water partition coefficient (Wildman–Crippen LogP) is 2.42. The van der Waals surface area contributed by atoms with Gasteiger partial charge in [0.25, 0.3) is 0 Å². The van der Waals surface area contributed by atoms with E-state index < -0.39 is 0 Å². The summed E-state index contributed by atoms with van der Waals surface area (Å²) in [4.78, 5) is 3.97. The first kappa shape index (κ1) is 14.8. The monoisotopic (exact) mass is 326 g/mol. The molecule has 8 nitrogen and oxygen atoms in total. The second-order valence-electron chi connectivity index (χ2n) is 5.76. The van der Waals surface area contributed by atoms with Crippen molar-refractivity contribution >= 4 is 6.01 Å². The second-order valence-corrected chi connectivity index (χ2v) is 5.76. The summed E-state index contributed by atoms with van der Waals surface area (Å²) in [5, 5.41) is 15.4. The fourth-order valence-corrected chi connectivity index (χ4v) is 2.80. The predicted molar refractivity (Wildman–Crippen MR) is 85.6 cm³/mol. The number of anilines is 1. The van der Waals surface area contributed by atoms with Gasteiger partial charge in [0.2, 0.25) is 5.89 Å². The lowest BCUT2D eigenvalue weighted by atomic mass is 10.1. The summed E-state index contributed by atoms with van der Waals surface area (Å²) in [5.74, 6) is 0.549. The van der Waals surface area contributed by atoms with Gasteiger partial charge in [-0.3, -0.25) is 0 Å². The molecule has 1 saturated heterocycles. The van der Waals surface area contributed by atoms with Gasteiger partial charge < -0.3 is 14.5 Å². The summed E-state index contributed by atoms with van der Waals surface area (Å²) in [6.07, 6.45) is 5.12. The van der Waals surface area contributed by atoms with Gasteiger partial charge >= 0.3 is 6.01 Å². The molecule has 2 aromatic heterocycles. The van der Waals surface area contributed by atoms with E-state index in [1.807, 2.05) is 19.1 Å². The third-order valence-electron chi connectivity index (χ3n) is 4.02. The SMILES string of the molecule is Cc1cc(CNc2nnc([C@@H]3CCCO3)o2)ccc1-n1cncn1. The van der Waals surface area contributed by atoms with Gasteiger partial charge in [-0.15, -0.1) is 5.10 Å². The molecule has 0 bridgehead atoms. The molecule has 0 amide bonds. The van der Waals surface area contributed by atoms with Crippen molar-refractivity contribution in [2.45, 2.75) is 32.4 Å². The highest BCUT2D eigenvalue weighted by Crippen LogP contribution is 2.28. The van der Waals surface area contributed by atoms with Crippen LogP contribution in [0.5, 0.6) is 0 Å². The zero-order valence-corrected chi connectivity index (χ0v) is 13.3. The van der Waals surface area contributed by atoms with E-state index in [9.17, 15) is 0 Å². The Morgan fingerprint density at radius 3 is 3.04 bits per heavy atom. The third kappa shape index (κ3) is 3.00. The van der Waals surface area contributed by atoms with Crippen LogP contribution in [-0.2, 0) is 11.3 Å². The van der Waals surface area contributed by atoms with Crippen LogP contribution in [0, 0.1) is 6.92 Å². The van der Waals surface area contributed by atoms with E-state index in [2.05, 4.69) is 31.7 Å². The van der Waals surface area contributed by atoms with Crippen LogP contribution in [0.4, 0.5) is 6.01 Å². The van der Waals surface area contributed by atoms with Crippen LogP contribution in [0.1, 0.15) is 36.0 Å². The number of benzene rings is 1. The minimum Gasteiger partial charge on any atom is -0.405 e. The first-order chi connectivity index (χ1) is 11.8. The molecule has 124 valence electrons. The Kier molecular flexibility index (Phi) is 3.96. The maximum atomic E-state index is 5.62. The Balaban J connectivity index is 1.41. The van der Waals surface area contributed by atoms with Crippen LogP contribution in [-0.4, -0.2) is 31.6 Å². The van der Waals surface area contributed by atoms with Crippen LogP contribution >= 0.6 is 0 Å². The molecule has 1 aromatic carbocycles. The Bertz CT molecular complexity index is 808. The number of aryl methyl sites for hydroxylation is 1. The summed E-state index contributed by atoms with van der Waals surface area (Å²) in [6, 6.07) is 6.57. The Hall–Kier alpha value is -2.74. The summed E-state index contributed by atoms with van der Waals surface area (Å²) in [5.41, 5.74) is 3.24. The average Bonchev–Trinajstić information content (AvgIpc) is 3.33. The minimum atomic E-state index is -0.0581. The summed E-state index contributed by atoms with van der Waals surface area (Å²) in [7, 11) is 0. The molecule has 0 spiro atoms. The molecule has 0 radical (unpaired) electrons. The topological polar surface area (TPSA) is 90.9 Å². The van der Waals surface area contributed by atoms with Gasteiger partial charge in [0.05, 0.1) is 5.69 Å². The Morgan fingerprint density at radius 2 is 2.29 bits per heavy atom. The average molecular weight is 326 g/mol. The van der Waals surface area contributed by atoms with E-state index in [0.717, 1.165) is 36.3 Å². The lowest BCUT2D eigenvalue weighted by Crippen LogP contribution is -2.02. The number of aromatic nitrogens is 5. The van der Waals surface area contributed by atoms with Gasteiger partial charge in [-0.05, 0) is 37.0 Å². The largest absolute Gasteiger partial charge is 0.405 e. The van der Waals surface area contributed by atoms with Gasteiger partial charge in [0.1, 0.15) is 18.8 Å². The lowest BCUT2D eigenvalue weighted by Gasteiger charge is -2.08. The molecule has 1 fully saturated rings. The summed E-state index contributed by atoms with van der Waals surface area (Å²) in [6.45, 7) is 3.40. The second kappa shape index (κ2) is 6.40. The van der Waals surface area contributed by atoms with Crippen molar-refractivity contribution in [3.63, 3.8) is 0 Å². The number of nitrogens with zero attached hydrogens (tertiary/aromatic N) is 5. The molecule has 1 atom stereocenters. The number of hydrogen-bond donors (Lipinski definition) is 1. The maximum Gasteiger partial charge on any atom is 0.315 e. The molecule has 1 aliphatic heterocycles. The summed E-state index contributed by atoms with van der Waals surface area (Å²) < 4.78 is 12.9. The first-order valence-electron chi connectivity index (χ1n) is 7.93. The molecule has 8 heteroatoms. The standard InChI is InChI=1S/C16H18N6O2/c1-11-7-12(4-5-13(11)22-10-17-9-19-22)8-18-16-21-20-15(24-16)14-3-2-6-23-14/h4-5,7,9-10,14H,2-3,6,8H2,1H3,(H,18,21)/t14-/m0/s1. The molecule has 24 heavy (non-hydrogen) atoms. The highest BCUT2D eigenvalue weighted by atomic mass is 16.5. The van der Waals surface area contributed by atoms with Crippen molar-refractivity contribution in [3.05, 3.63) is 47.9 Å². The number of rotatable bonds is 5. The molecule has 0 unspecified atom stereocenters. The number of nitrogens with one attached hydrogen (secondary N) is 1. The first-order valence-corrected chi connectivity index (χ1v) is 7.93. The van der Waals surface area contributed by atoms with Crippen LogP contribution in [0.2, 0.25) is 0 Å². The van der Waals surface area contributed by atoms with E-state index >= 15 is 0 Å². The molecule has 0 aliphatic carbocycles. The van der Waals surface area contributed by atoms with Crippen molar-refractivity contribution in [1.29, 1.82) is 0 Å². The summed E-state index contributed by atoms with van der Waals surface area (Å²) >= 11 is 0. The van der Waals surface area contributed by atoms with Gasteiger partial charge in [-0.2, -0.15) is 5.10 Å². The molecule has 3 heterocycles. The molecular weight excluding hydrogens is 308 g/mol. The quantitative estimate of drug-likeness (QED) is 0.770. The van der Waals surface area contributed by atoms with Crippen molar-refractivity contribution in [2.75, 3.05) is 11.9 Å². The molecular formula is C16H18N6O2. The van der Waals surface area contributed by atoms with Crippen molar-refractivity contribution in [3.8, 4) is 5.69 Å². The lowest BCUT2D eigenvalue weighted by molar-refractivity contribution is 0.0897. The van der Waals surface area contributed by atoms with E-state index in [1.165, 1.54) is 6.33 Å². The fourth-order valence-electron chi connectivity index (χ4n) is 2.80. The van der Waals surface area contributed by atoms with E-state index in [1.54, 1.807) is 11.0 Å². The van der Waals surface area contributed by atoms with Crippen molar-refractivity contribution in [2.24, 2.45) is 0 Å². The highest BCUT2D eigenvalue weighted by Gasteiger charge is 2.23. The van der Waals surface area contributed by atoms with Gasteiger partial charge in [0.15, 0.2) is 0 Å². The number of ether oxygens (including phenoxy) is 1. The fraction of sp³-hybridized carbons (Fsp3) is 0.375. The zero-order chi connectivity index (χ0) is 16.4. The molecule has 4 rings (SSSR count). The Labute approximate surface area is 138 Å². The molecule has 3 aromatic rings. The molecule has 0 saturated carbocycles. The Morgan fingerprint density at radius 1 is 1.33 bits per heavy atom. The van der Waals surface area contributed by atoms with Crippen molar-refractivity contribution < 1.29 is 9.15 Å². The van der Waals surface area contributed by atoms with E-state index in [0.29, 0.717) is 18.5 Å².